The number of hydrogen-bond donors (Lipinski definition) is 2. The molecule has 0 aromatic carbocycles. The van der Waals surface area contributed by atoms with E-state index in [1.54, 1.807) is 0 Å². The van der Waals surface area contributed by atoms with Gasteiger partial charge in [0.25, 0.3) is 0 Å². The molecule has 8 heteroatoms. The highest BCUT2D eigenvalue weighted by molar-refractivity contribution is 7.89. The van der Waals surface area contributed by atoms with Crippen LogP contribution < -0.4 is 5.32 Å². The van der Waals surface area contributed by atoms with Gasteiger partial charge in [0.15, 0.2) is 0 Å². The average molecular weight is 331 g/mol. The van der Waals surface area contributed by atoms with Crippen molar-refractivity contribution in [2.75, 3.05) is 31.9 Å². The van der Waals surface area contributed by atoms with Gasteiger partial charge in [-0.3, -0.25) is 9.69 Å². The van der Waals surface area contributed by atoms with Crippen LogP contribution in [-0.4, -0.2) is 78.8 Å². The minimum atomic E-state index is -3.22. The molecular formula is C14H25N3O4S. The highest BCUT2D eigenvalue weighted by Crippen LogP contribution is 2.27. The number of amides is 1. The Kier molecular flexibility index (Phi) is 4.72. The second-order valence-corrected chi connectivity index (χ2v) is 8.70. The minimum absolute atomic E-state index is 0.0613. The summed E-state index contributed by atoms with van der Waals surface area (Å²) >= 11 is 0. The highest BCUT2D eigenvalue weighted by atomic mass is 32.2. The molecule has 3 rings (SSSR count). The number of nitrogens with one attached hydrogen (secondary N) is 1. The van der Waals surface area contributed by atoms with Gasteiger partial charge in [0.05, 0.1) is 18.4 Å². The number of hydrogen-bond acceptors (Lipinski definition) is 5. The van der Waals surface area contributed by atoms with Gasteiger partial charge >= 0.3 is 0 Å². The number of rotatable bonds is 4. The molecule has 0 radical (unpaired) electrons. The topological polar surface area (TPSA) is 90.0 Å². The van der Waals surface area contributed by atoms with Gasteiger partial charge in [-0.2, -0.15) is 4.31 Å². The number of sulfonamides is 1. The summed E-state index contributed by atoms with van der Waals surface area (Å²) in [7, 11) is -3.22. The molecule has 126 valence electrons. The lowest BCUT2D eigenvalue weighted by Crippen LogP contribution is -2.50. The molecule has 1 unspecified atom stereocenters. The molecule has 2 N–H and O–H groups in total. The van der Waals surface area contributed by atoms with Crippen LogP contribution in [0, 0.1) is 0 Å². The lowest BCUT2D eigenvalue weighted by molar-refractivity contribution is -0.122. The molecule has 3 aliphatic rings. The maximum absolute atomic E-state index is 12.2. The molecule has 2 heterocycles. The molecule has 2 aliphatic heterocycles. The summed E-state index contributed by atoms with van der Waals surface area (Å²) in [6.45, 7) is 1.94. The van der Waals surface area contributed by atoms with E-state index in [9.17, 15) is 18.3 Å². The van der Waals surface area contributed by atoms with Gasteiger partial charge in [-0.15, -0.1) is 0 Å². The zero-order valence-corrected chi connectivity index (χ0v) is 13.6. The summed E-state index contributed by atoms with van der Waals surface area (Å²) in [6, 6.07) is 0.347. The van der Waals surface area contributed by atoms with Gasteiger partial charge in [-0.25, -0.2) is 8.42 Å². The number of carbonyl (C=O) groups is 1. The quantitative estimate of drug-likeness (QED) is 0.699. The van der Waals surface area contributed by atoms with E-state index in [4.69, 9.17) is 0 Å². The maximum Gasteiger partial charge on any atom is 0.235 e. The minimum Gasteiger partial charge on any atom is -0.392 e. The van der Waals surface area contributed by atoms with Crippen LogP contribution in [0.1, 0.15) is 32.1 Å². The summed E-state index contributed by atoms with van der Waals surface area (Å²) in [5.74, 6) is -0.0556. The number of aliphatic hydroxyl groups excluding tert-OH is 1. The van der Waals surface area contributed by atoms with Crippen LogP contribution in [0.5, 0.6) is 0 Å². The Balaban J connectivity index is 1.54. The first kappa shape index (κ1) is 16.2. The third-order valence-corrected chi connectivity index (χ3v) is 6.92. The number of nitrogens with zero attached hydrogens (tertiary/aromatic N) is 2. The second kappa shape index (κ2) is 6.43. The summed E-state index contributed by atoms with van der Waals surface area (Å²) in [5.41, 5.74) is 0. The highest BCUT2D eigenvalue weighted by Gasteiger charge is 2.37. The van der Waals surface area contributed by atoms with Crippen molar-refractivity contribution in [3.05, 3.63) is 0 Å². The van der Waals surface area contributed by atoms with Crippen molar-refractivity contribution >= 4 is 15.9 Å². The van der Waals surface area contributed by atoms with E-state index in [0.29, 0.717) is 19.5 Å². The van der Waals surface area contributed by atoms with Crippen molar-refractivity contribution < 1.29 is 18.3 Å². The molecular weight excluding hydrogens is 306 g/mol. The van der Waals surface area contributed by atoms with Crippen LogP contribution in [0.3, 0.4) is 0 Å². The Morgan fingerprint density at radius 3 is 2.64 bits per heavy atom. The Bertz CT molecular complexity index is 524. The molecule has 3 atom stereocenters. The second-order valence-electron chi connectivity index (χ2n) is 6.61. The fourth-order valence-corrected chi connectivity index (χ4v) is 5.37. The van der Waals surface area contributed by atoms with Crippen LogP contribution in [0.4, 0.5) is 0 Å². The first-order valence-electron chi connectivity index (χ1n) is 8.15. The van der Waals surface area contributed by atoms with E-state index in [2.05, 4.69) is 10.2 Å². The Labute approximate surface area is 131 Å². The molecule has 0 bridgehead atoms. The third kappa shape index (κ3) is 3.45. The van der Waals surface area contributed by atoms with Gasteiger partial charge < -0.3 is 10.4 Å². The largest absolute Gasteiger partial charge is 0.392 e. The smallest absolute Gasteiger partial charge is 0.235 e. The standard InChI is InChI=1S/C14H25N3O4S/c18-11-5-7-16(9-11)13-4-1-3-12(13)15-14(19)10-17-6-2-8-22(17,20)21/h11-13,18H,1-10H2,(H,15,19)/t11?,12-,13+/m1/s1. The van der Waals surface area contributed by atoms with E-state index in [0.717, 1.165) is 32.2 Å². The predicted octanol–water partition coefficient (Wildman–Crippen LogP) is -0.874. The van der Waals surface area contributed by atoms with Crippen LogP contribution >= 0.6 is 0 Å². The molecule has 3 fully saturated rings. The average Bonchev–Trinajstić information content (AvgIpc) is 3.12. The van der Waals surface area contributed by atoms with Gasteiger partial charge in [-0.05, 0) is 32.1 Å². The fraction of sp³-hybridized carbons (Fsp3) is 0.929. The van der Waals surface area contributed by atoms with Crippen LogP contribution in [-0.2, 0) is 14.8 Å². The predicted molar refractivity (Wildman–Crippen MR) is 81.7 cm³/mol. The summed E-state index contributed by atoms with van der Waals surface area (Å²) < 4.78 is 24.8. The maximum atomic E-state index is 12.2. The van der Waals surface area contributed by atoms with Crippen molar-refractivity contribution in [2.45, 2.75) is 50.3 Å². The Morgan fingerprint density at radius 1 is 1.18 bits per heavy atom. The molecule has 22 heavy (non-hydrogen) atoms. The van der Waals surface area contributed by atoms with E-state index < -0.39 is 10.0 Å². The number of likely N-dealkylation sites (tertiary alicyclic amines) is 1. The van der Waals surface area contributed by atoms with Crippen molar-refractivity contribution in [1.82, 2.24) is 14.5 Å². The van der Waals surface area contributed by atoms with Crippen molar-refractivity contribution in [1.29, 1.82) is 0 Å². The van der Waals surface area contributed by atoms with E-state index in [-0.39, 0.29) is 36.4 Å². The molecule has 7 nitrogen and oxygen atoms in total. The van der Waals surface area contributed by atoms with Gasteiger partial charge in [0.2, 0.25) is 15.9 Å². The van der Waals surface area contributed by atoms with Gasteiger partial charge in [0.1, 0.15) is 0 Å². The molecule has 0 aromatic heterocycles. The zero-order chi connectivity index (χ0) is 15.7. The summed E-state index contributed by atoms with van der Waals surface area (Å²) in [6.07, 6.45) is 4.16. The Morgan fingerprint density at radius 2 is 2.00 bits per heavy atom. The molecule has 0 aromatic rings. The van der Waals surface area contributed by atoms with Crippen molar-refractivity contribution in [3.63, 3.8) is 0 Å². The summed E-state index contributed by atoms with van der Waals surface area (Å²) in [5, 5.41) is 12.7. The molecule has 1 aliphatic carbocycles. The normalized spacial score (nSPS) is 36.0. The molecule has 2 saturated heterocycles. The fourth-order valence-electron chi connectivity index (χ4n) is 3.90. The molecule has 0 spiro atoms. The first-order chi connectivity index (χ1) is 10.5. The first-order valence-corrected chi connectivity index (χ1v) is 9.76. The van der Waals surface area contributed by atoms with E-state index in [1.807, 2.05) is 0 Å². The lowest BCUT2D eigenvalue weighted by Gasteiger charge is -2.30. The molecule has 1 amide bonds. The Hall–Kier alpha value is -0.700. The van der Waals surface area contributed by atoms with Gasteiger partial charge in [0, 0.05) is 31.7 Å². The van der Waals surface area contributed by atoms with Crippen molar-refractivity contribution in [3.8, 4) is 0 Å². The van der Waals surface area contributed by atoms with Crippen LogP contribution in [0.2, 0.25) is 0 Å². The molecule has 1 saturated carbocycles. The van der Waals surface area contributed by atoms with Crippen LogP contribution in [0.25, 0.3) is 0 Å². The monoisotopic (exact) mass is 331 g/mol. The summed E-state index contributed by atoms with van der Waals surface area (Å²) in [4.78, 5) is 14.4. The third-order valence-electron chi connectivity index (χ3n) is 5.01. The van der Waals surface area contributed by atoms with E-state index in [1.165, 1.54) is 4.31 Å². The number of β-amino-alcohol motifs (C(OH)–C–C–N with tert-alkyl or cyclic N) is 1. The van der Waals surface area contributed by atoms with E-state index >= 15 is 0 Å². The SMILES string of the molecule is O=C(CN1CCCS1(=O)=O)N[C@@H]1CCC[C@@H]1N1CCC(O)C1. The number of aliphatic hydroxyl groups is 1. The zero-order valence-electron chi connectivity index (χ0n) is 12.8. The lowest BCUT2D eigenvalue weighted by atomic mass is 10.1. The van der Waals surface area contributed by atoms with Gasteiger partial charge in [-0.1, -0.05) is 0 Å². The number of carbonyl (C=O) groups excluding carboxylic acids is 1. The van der Waals surface area contributed by atoms with Crippen molar-refractivity contribution in [2.24, 2.45) is 0 Å². The van der Waals surface area contributed by atoms with Crippen LogP contribution in [0.15, 0.2) is 0 Å².